The molecule has 0 aliphatic carbocycles. The maximum Gasteiger partial charge on any atom is 0.387 e. The fourth-order valence-corrected chi connectivity index (χ4v) is 4.00. The molecule has 1 heterocycles. The van der Waals surface area contributed by atoms with Crippen molar-refractivity contribution in [2.75, 3.05) is 11.9 Å². The minimum absolute atomic E-state index is 0.00472. The minimum atomic E-state index is -2.92. The fraction of sp³-hybridized carbons (Fsp3) is 0.0690. The summed E-state index contributed by atoms with van der Waals surface area (Å²) >= 11 is 0. The summed E-state index contributed by atoms with van der Waals surface area (Å²) in [6, 6.07) is 23.6. The summed E-state index contributed by atoms with van der Waals surface area (Å²) < 4.78 is 61.8. The first-order valence-corrected chi connectivity index (χ1v) is 11.8. The summed E-state index contributed by atoms with van der Waals surface area (Å²) in [5, 5.41) is 4.15. The van der Waals surface area contributed by atoms with Gasteiger partial charge in [0.25, 0.3) is 0 Å². The average molecular weight is 535 g/mol. The van der Waals surface area contributed by atoms with Crippen molar-refractivity contribution in [2.45, 2.75) is 6.61 Å². The molecule has 6 nitrogen and oxygen atoms in total. The van der Waals surface area contributed by atoms with Crippen molar-refractivity contribution in [3.05, 3.63) is 120 Å². The van der Waals surface area contributed by atoms with E-state index in [1.807, 2.05) is 0 Å². The van der Waals surface area contributed by atoms with Crippen LogP contribution in [0.4, 0.5) is 28.0 Å². The third-order valence-corrected chi connectivity index (χ3v) is 5.81. The van der Waals surface area contributed by atoms with Crippen molar-refractivity contribution in [3.8, 4) is 17.2 Å². The quantitative estimate of drug-likeness (QED) is 0.244. The van der Waals surface area contributed by atoms with Gasteiger partial charge >= 0.3 is 12.6 Å². The molecule has 39 heavy (non-hydrogen) atoms. The third-order valence-electron chi connectivity index (χ3n) is 5.81. The molecule has 0 bridgehead atoms. The Morgan fingerprint density at radius 3 is 2.05 bits per heavy atom. The lowest BCUT2D eigenvalue weighted by molar-refractivity contribution is -0.0498. The second-order valence-electron chi connectivity index (χ2n) is 8.48. The number of nitrogens with one attached hydrogen (secondary N) is 2. The Morgan fingerprint density at radius 2 is 1.41 bits per heavy atom. The zero-order valence-corrected chi connectivity index (χ0v) is 20.2. The van der Waals surface area contributed by atoms with Gasteiger partial charge in [0.15, 0.2) is 0 Å². The highest BCUT2D eigenvalue weighted by Crippen LogP contribution is 2.31. The van der Waals surface area contributed by atoms with Crippen LogP contribution in [0.2, 0.25) is 0 Å². The van der Waals surface area contributed by atoms with Crippen LogP contribution in [-0.4, -0.2) is 24.2 Å². The first kappa shape index (κ1) is 25.7. The average Bonchev–Trinajstić information content (AvgIpc) is 3.36. The molecule has 0 saturated heterocycles. The predicted molar refractivity (Wildman–Crippen MR) is 138 cm³/mol. The fourth-order valence-electron chi connectivity index (χ4n) is 4.00. The standard InChI is InChI=1S/C29H21F4N3O3/c30-20-8-4-18(5-9-20)26-17-36(35-27(26)19-6-10-21(31)11-7-19)29(37)34-22-2-1-3-25(16-22)38-23-12-14-24(15-13-23)39-28(32)33/h1-16,28,35H,17H2,(H,34,37). The summed E-state index contributed by atoms with van der Waals surface area (Å²) in [6.07, 6.45) is 0. The molecule has 10 heteroatoms. The van der Waals surface area contributed by atoms with Crippen LogP contribution < -0.4 is 20.2 Å². The highest BCUT2D eigenvalue weighted by molar-refractivity contribution is 5.98. The number of rotatable bonds is 7. The number of hydrazine groups is 1. The Balaban J connectivity index is 1.30. The molecule has 0 spiro atoms. The lowest BCUT2D eigenvalue weighted by Crippen LogP contribution is -2.40. The number of halogens is 4. The number of hydrogen-bond acceptors (Lipinski definition) is 4. The molecule has 0 saturated carbocycles. The molecule has 1 aliphatic rings. The molecule has 4 aromatic rings. The zero-order valence-electron chi connectivity index (χ0n) is 20.2. The van der Waals surface area contributed by atoms with E-state index in [2.05, 4.69) is 15.5 Å². The van der Waals surface area contributed by atoms with Crippen LogP contribution in [0.15, 0.2) is 97.1 Å². The summed E-state index contributed by atoms with van der Waals surface area (Å²) in [4.78, 5) is 13.2. The monoisotopic (exact) mass is 535 g/mol. The van der Waals surface area contributed by atoms with E-state index >= 15 is 0 Å². The second-order valence-corrected chi connectivity index (χ2v) is 8.48. The molecule has 5 rings (SSSR count). The molecule has 1 aliphatic heterocycles. The van der Waals surface area contributed by atoms with Gasteiger partial charge in [-0.2, -0.15) is 8.78 Å². The number of carbonyl (C=O) groups excluding carboxylic acids is 1. The van der Waals surface area contributed by atoms with Gasteiger partial charge in [0, 0.05) is 17.3 Å². The number of hydrogen-bond donors (Lipinski definition) is 2. The number of nitrogens with zero attached hydrogens (tertiary/aromatic N) is 1. The van der Waals surface area contributed by atoms with Crippen molar-refractivity contribution in [1.29, 1.82) is 0 Å². The van der Waals surface area contributed by atoms with Gasteiger partial charge < -0.3 is 14.8 Å². The van der Waals surface area contributed by atoms with Crippen molar-refractivity contribution in [1.82, 2.24) is 10.4 Å². The van der Waals surface area contributed by atoms with E-state index in [-0.39, 0.29) is 18.1 Å². The van der Waals surface area contributed by atoms with Crippen LogP contribution >= 0.6 is 0 Å². The van der Waals surface area contributed by atoms with Gasteiger partial charge in [-0.15, -0.1) is 0 Å². The normalized spacial score (nSPS) is 12.9. The van der Waals surface area contributed by atoms with Crippen molar-refractivity contribution < 1.29 is 31.8 Å². The van der Waals surface area contributed by atoms with Gasteiger partial charge in [-0.05, 0) is 83.9 Å². The predicted octanol–water partition coefficient (Wildman–Crippen LogP) is 7.28. The highest BCUT2D eigenvalue weighted by atomic mass is 19.3. The zero-order chi connectivity index (χ0) is 27.4. The molecule has 0 atom stereocenters. The Hall–Kier alpha value is -4.99. The second kappa shape index (κ2) is 11.2. The SMILES string of the molecule is O=C(Nc1cccc(Oc2ccc(OC(F)F)cc2)c1)N1CC(c2ccc(F)cc2)=C(c2ccc(F)cc2)N1. The molecule has 2 amide bonds. The van der Waals surface area contributed by atoms with Crippen molar-refractivity contribution >= 4 is 23.0 Å². The lowest BCUT2D eigenvalue weighted by atomic mass is 10.0. The third kappa shape index (κ3) is 6.30. The van der Waals surface area contributed by atoms with Gasteiger partial charge in [-0.25, -0.2) is 18.6 Å². The number of benzene rings is 4. The molecular weight excluding hydrogens is 514 g/mol. The number of anilines is 1. The summed E-state index contributed by atoms with van der Waals surface area (Å²) in [5.41, 5.74) is 6.20. The lowest BCUT2D eigenvalue weighted by Gasteiger charge is -2.19. The summed E-state index contributed by atoms with van der Waals surface area (Å²) in [6.45, 7) is -2.76. The van der Waals surface area contributed by atoms with Gasteiger partial charge in [0.2, 0.25) is 0 Å². The summed E-state index contributed by atoms with van der Waals surface area (Å²) in [5.74, 6) is 0.0166. The Kier molecular flexibility index (Phi) is 7.35. The van der Waals surface area contributed by atoms with Crippen LogP contribution in [0, 0.1) is 11.6 Å². The molecule has 2 N–H and O–H groups in total. The molecule has 0 unspecified atom stereocenters. The smallest absolute Gasteiger partial charge is 0.387 e. The molecule has 198 valence electrons. The van der Waals surface area contributed by atoms with Crippen LogP contribution in [0.1, 0.15) is 11.1 Å². The highest BCUT2D eigenvalue weighted by Gasteiger charge is 2.27. The molecule has 0 fully saturated rings. The molecule has 4 aromatic carbocycles. The van der Waals surface area contributed by atoms with E-state index in [0.717, 1.165) is 5.57 Å². The number of alkyl halides is 2. The molecular formula is C29H21F4N3O3. The number of amides is 2. The molecule has 0 aromatic heterocycles. The van der Waals surface area contributed by atoms with E-state index in [1.165, 1.54) is 53.5 Å². The van der Waals surface area contributed by atoms with Crippen LogP contribution in [-0.2, 0) is 0 Å². The van der Waals surface area contributed by atoms with Crippen LogP contribution in [0.5, 0.6) is 17.2 Å². The minimum Gasteiger partial charge on any atom is -0.457 e. The maximum absolute atomic E-state index is 13.5. The van der Waals surface area contributed by atoms with Crippen molar-refractivity contribution in [2.24, 2.45) is 0 Å². The number of carbonyl (C=O) groups is 1. The van der Waals surface area contributed by atoms with Gasteiger partial charge in [-0.3, -0.25) is 5.43 Å². The topological polar surface area (TPSA) is 62.8 Å². The van der Waals surface area contributed by atoms with Crippen LogP contribution in [0.3, 0.4) is 0 Å². The van der Waals surface area contributed by atoms with Crippen molar-refractivity contribution in [3.63, 3.8) is 0 Å². The van der Waals surface area contributed by atoms with Gasteiger partial charge in [-0.1, -0.05) is 18.2 Å². The van der Waals surface area contributed by atoms with E-state index in [4.69, 9.17) is 4.74 Å². The number of urea groups is 1. The first-order chi connectivity index (χ1) is 18.8. The molecule has 0 radical (unpaired) electrons. The van der Waals surface area contributed by atoms with E-state index < -0.39 is 18.5 Å². The summed E-state index contributed by atoms with van der Waals surface area (Å²) in [7, 11) is 0. The van der Waals surface area contributed by atoms with E-state index in [1.54, 1.807) is 48.5 Å². The number of ether oxygens (including phenoxy) is 2. The van der Waals surface area contributed by atoms with Crippen LogP contribution in [0.25, 0.3) is 11.3 Å². The Labute approximate surface area is 221 Å². The Bertz CT molecular complexity index is 1430. The van der Waals surface area contributed by atoms with Gasteiger partial charge in [0.1, 0.15) is 28.9 Å². The van der Waals surface area contributed by atoms with E-state index in [9.17, 15) is 22.4 Å². The van der Waals surface area contributed by atoms with E-state index in [0.29, 0.717) is 34.0 Å². The maximum atomic E-state index is 13.5. The Morgan fingerprint density at radius 1 is 0.795 bits per heavy atom. The largest absolute Gasteiger partial charge is 0.457 e. The van der Waals surface area contributed by atoms with Gasteiger partial charge in [0.05, 0.1) is 12.2 Å². The first-order valence-electron chi connectivity index (χ1n) is 11.8.